The fraction of sp³-hybridized carbons (Fsp3) is 0.500. The third-order valence-corrected chi connectivity index (χ3v) is 1.97. The Kier molecular flexibility index (Phi) is 3.08. The van der Waals surface area contributed by atoms with Crippen molar-refractivity contribution in [1.82, 2.24) is 9.97 Å². The van der Waals surface area contributed by atoms with E-state index in [-0.39, 0.29) is 0 Å². The molecular weight excluding hydrogens is 181 g/mol. The average molecular weight is 195 g/mol. The summed E-state index contributed by atoms with van der Waals surface area (Å²) in [7, 11) is 2.16. The van der Waals surface area contributed by atoms with E-state index in [0.29, 0.717) is 22.8 Å². The summed E-state index contributed by atoms with van der Waals surface area (Å²) >= 11 is 0. The second-order valence-corrected chi connectivity index (χ2v) is 3.38. The zero-order chi connectivity index (χ0) is 10.9. The van der Waals surface area contributed by atoms with Gasteiger partial charge in [0, 0.05) is 30.9 Å². The van der Waals surface area contributed by atoms with E-state index < -0.39 is 7.12 Å². The summed E-state index contributed by atoms with van der Waals surface area (Å²) in [6, 6.07) is 0. The Hall–Kier alpha value is -1.14. The maximum atomic E-state index is 9.08. The molecule has 1 aromatic rings. The molecule has 0 saturated carbocycles. The third-order valence-electron chi connectivity index (χ3n) is 1.97. The van der Waals surface area contributed by atoms with E-state index in [4.69, 9.17) is 10.0 Å². The van der Waals surface area contributed by atoms with Crippen molar-refractivity contribution in [3.63, 3.8) is 0 Å². The average Bonchev–Trinajstić information content (AvgIpc) is 2.01. The van der Waals surface area contributed by atoms with Crippen molar-refractivity contribution in [3.05, 3.63) is 11.4 Å². The Bertz CT molecular complexity index is 318. The Morgan fingerprint density at radius 2 is 1.50 bits per heavy atom. The van der Waals surface area contributed by atoms with Crippen molar-refractivity contribution in [2.24, 2.45) is 0 Å². The van der Waals surface area contributed by atoms with Crippen LogP contribution in [0.1, 0.15) is 11.4 Å². The van der Waals surface area contributed by atoms with Crippen LogP contribution in [-0.2, 0) is 0 Å². The SMILES string of the molecule is Cc1nc(N(C)C)nc(C)c1B(O)O. The van der Waals surface area contributed by atoms with Crippen molar-refractivity contribution in [2.75, 3.05) is 19.0 Å². The first-order chi connectivity index (χ1) is 6.43. The Morgan fingerprint density at radius 3 is 1.79 bits per heavy atom. The Balaban J connectivity index is 3.25. The normalized spacial score (nSPS) is 10.1. The lowest BCUT2D eigenvalue weighted by Crippen LogP contribution is -2.36. The molecule has 0 fully saturated rings. The molecule has 14 heavy (non-hydrogen) atoms. The number of anilines is 1. The van der Waals surface area contributed by atoms with Crippen LogP contribution in [0.2, 0.25) is 0 Å². The van der Waals surface area contributed by atoms with E-state index in [1.165, 1.54) is 0 Å². The minimum atomic E-state index is -1.51. The van der Waals surface area contributed by atoms with Crippen LogP contribution in [0.25, 0.3) is 0 Å². The highest BCUT2D eigenvalue weighted by Crippen LogP contribution is 2.04. The summed E-state index contributed by atoms with van der Waals surface area (Å²) in [4.78, 5) is 10.1. The van der Waals surface area contributed by atoms with Gasteiger partial charge in [-0.15, -0.1) is 0 Å². The van der Waals surface area contributed by atoms with Crippen LogP contribution in [0.5, 0.6) is 0 Å². The van der Waals surface area contributed by atoms with Gasteiger partial charge >= 0.3 is 7.12 Å². The van der Waals surface area contributed by atoms with E-state index in [9.17, 15) is 0 Å². The monoisotopic (exact) mass is 195 g/mol. The largest absolute Gasteiger partial charge is 0.492 e. The zero-order valence-corrected chi connectivity index (χ0v) is 8.81. The summed E-state index contributed by atoms with van der Waals surface area (Å²) in [6.45, 7) is 3.47. The number of hydrogen-bond donors (Lipinski definition) is 2. The molecule has 1 aromatic heterocycles. The van der Waals surface area contributed by atoms with Crippen molar-refractivity contribution < 1.29 is 10.0 Å². The van der Waals surface area contributed by atoms with Gasteiger partial charge in [0.2, 0.25) is 5.95 Å². The van der Waals surface area contributed by atoms with Gasteiger partial charge in [0.1, 0.15) is 0 Å². The van der Waals surface area contributed by atoms with Crippen LogP contribution >= 0.6 is 0 Å². The molecule has 0 unspecified atom stereocenters. The summed E-state index contributed by atoms with van der Waals surface area (Å²) in [6.07, 6.45) is 0. The van der Waals surface area contributed by atoms with E-state index in [1.54, 1.807) is 18.7 Å². The predicted molar refractivity (Wildman–Crippen MR) is 55.7 cm³/mol. The van der Waals surface area contributed by atoms with E-state index >= 15 is 0 Å². The molecule has 2 N–H and O–H groups in total. The molecule has 0 aliphatic rings. The van der Waals surface area contributed by atoms with Crippen molar-refractivity contribution >= 4 is 18.5 Å². The topological polar surface area (TPSA) is 69.5 Å². The first-order valence-electron chi connectivity index (χ1n) is 4.32. The summed E-state index contributed by atoms with van der Waals surface area (Å²) in [5.41, 5.74) is 1.57. The smallest absolute Gasteiger partial charge is 0.423 e. The van der Waals surface area contributed by atoms with Crippen LogP contribution in [0.4, 0.5) is 5.95 Å². The van der Waals surface area contributed by atoms with Crippen LogP contribution in [0.15, 0.2) is 0 Å². The first kappa shape index (κ1) is 10.9. The van der Waals surface area contributed by atoms with Crippen LogP contribution in [-0.4, -0.2) is 41.2 Å². The molecule has 0 aromatic carbocycles. The molecule has 0 bridgehead atoms. The highest BCUT2D eigenvalue weighted by atomic mass is 16.4. The lowest BCUT2D eigenvalue weighted by Gasteiger charge is -2.14. The second-order valence-electron chi connectivity index (χ2n) is 3.38. The predicted octanol–water partition coefficient (Wildman–Crippen LogP) is -1.16. The summed E-state index contributed by atoms with van der Waals surface area (Å²) in [5, 5.41) is 18.2. The number of rotatable bonds is 2. The second kappa shape index (κ2) is 3.94. The molecule has 0 radical (unpaired) electrons. The van der Waals surface area contributed by atoms with Gasteiger partial charge in [0.15, 0.2) is 0 Å². The fourth-order valence-corrected chi connectivity index (χ4v) is 1.28. The minimum Gasteiger partial charge on any atom is -0.423 e. The van der Waals surface area contributed by atoms with E-state index in [1.807, 2.05) is 14.1 Å². The first-order valence-corrected chi connectivity index (χ1v) is 4.32. The van der Waals surface area contributed by atoms with Gasteiger partial charge in [-0.25, -0.2) is 9.97 Å². The van der Waals surface area contributed by atoms with E-state index in [2.05, 4.69) is 9.97 Å². The van der Waals surface area contributed by atoms with Crippen molar-refractivity contribution in [2.45, 2.75) is 13.8 Å². The molecule has 0 aliphatic heterocycles. The number of nitrogens with zero attached hydrogens (tertiary/aromatic N) is 3. The van der Waals surface area contributed by atoms with Gasteiger partial charge in [-0.2, -0.15) is 0 Å². The minimum absolute atomic E-state index is 0.385. The van der Waals surface area contributed by atoms with Gasteiger partial charge < -0.3 is 14.9 Å². The lowest BCUT2D eigenvalue weighted by atomic mass is 9.78. The standard InChI is InChI=1S/C8H14BN3O2/c1-5-7(9(13)14)6(2)11-8(10-5)12(3)4/h13-14H,1-4H3. The van der Waals surface area contributed by atoms with Gasteiger partial charge in [-0.3, -0.25) is 0 Å². The Morgan fingerprint density at radius 1 is 1.07 bits per heavy atom. The van der Waals surface area contributed by atoms with Crippen LogP contribution in [0, 0.1) is 13.8 Å². The molecule has 0 aliphatic carbocycles. The number of aromatic nitrogens is 2. The highest BCUT2D eigenvalue weighted by Gasteiger charge is 2.20. The molecule has 1 heterocycles. The lowest BCUT2D eigenvalue weighted by molar-refractivity contribution is 0.425. The molecule has 0 amide bonds. The molecule has 0 spiro atoms. The number of hydrogen-bond acceptors (Lipinski definition) is 5. The maximum absolute atomic E-state index is 9.08. The van der Waals surface area contributed by atoms with Crippen LogP contribution in [0.3, 0.4) is 0 Å². The van der Waals surface area contributed by atoms with Crippen LogP contribution < -0.4 is 10.4 Å². The maximum Gasteiger partial charge on any atom is 0.492 e. The van der Waals surface area contributed by atoms with Gasteiger partial charge in [0.05, 0.1) is 0 Å². The summed E-state index contributed by atoms with van der Waals surface area (Å²) < 4.78 is 0. The summed E-state index contributed by atoms with van der Waals surface area (Å²) in [5.74, 6) is 0.574. The molecule has 5 nitrogen and oxygen atoms in total. The number of aryl methyl sites for hydroxylation is 2. The van der Waals surface area contributed by atoms with Crippen molar-refractivity contribution in [1.29, 1.82) is 0 Å². The third kappa shape index (κ3) is 2.02. The molecule has 1 rings (SSSR count). The molecule has 76 valence electrons. The molecule has 0 atom stereocenters. The van der Waals surface area contributed by atoms with E-state index in [0.717, 1.165) is 0 Å². The fourth-order valence-electron chi connectivity index (χ4n) is 1.28. The zero-order valence-electron chi connectivity index (χ0n) is 8.81. The Labute approximate surface area is 83.6 Å². The quantitative estimate of drug-likeness (QED) is 0.582. The molecular formula is C8H14BN3O2. The van der Waals surface area contributed by atoms with Gasteiger partial charge in [-0.05, 0) is 13.8 Å². The van der Waals surface area contributed by atoms with Gasteiger partial charge in [0.25, 0.3) is 0 Å². The highest BCUT2D eigenvalue weighted by molar-refractivity contribution is 6.59. The van der Waals surface area contributed by atoms with Gasteiger partial charge in [-0.1, -0.05) is 0 Å². The molecule has 6 heteroatoms. The van der Waals surface area contributed by atoms with Crippen molar-refractivity contribution in [3.8, 4) is 0 Å². The molecule has 0 saturated heterocycles.